The Hall–Kier alpha value is 0.244. The van der Waals surface area contributed by atoms with Crippen molar-refractivity contribution >= 4 is 30.8 Å². The third kappa shape index (κ3) is 4.63. The van der Waals surface area contributed by atoms with Gasteiger partial charge >= 0.3 is 114 Å². The molecular formula is C14H24Cl2O2Ti. The maximum atomic E-state index is 11.5. The zero-order valence-corrected chi connectivity index (χ0v) is 15.7. The summed E-state index contributed by atoms with van der Waals surface area (Å²) in [6, 6.07) is 0. The van der Waals surface area contributed by atoms with Crippen molar-refractivity contribution in [2.24, 2.45) is 5.41 Å². The van der Waals surface area contributed by atoms with Crippen molar-refractivity contribution in [2.45, 2.75) is 54.4 Å². The van der Waals surface area contributed by atoms with Crippen LogP contribution in [0.1, 0.15) is 54.4 Å². The molecule has 1 aliphatic rings. The second-order valence-corrected chi connectivity index (χ2v) is 6.62. The van der Waals surface area contributed by atoms with Gasteiger partial charge in [-0.2, -0.15) is 0 Å². The van der Waals surface area contributed by atoms with Gasteiger partial charge in [0.15, 0.2) is 0 Å². The monoisotopic (exact) mass is 342 g/mol. The van der Waals surface area contributed by atoms with Crippen LogP contribution >= 0.6 is 24.8 Å². The minimum Gasteiger partial charge on any atom is -0.147 e. The molecule has 0 radical (unpaired) electrons. The fourth-order valence-corrected chi connectivity index (χ4v) is 3.88. The van der Waals surface area contributed by atoms with Gasteiger partial charge in [-0.3, -0.25) is 0 Å². The summed E-state index contributed by atoms with van der Waals surface area (Å²) in [5.41, 5.74) is 4.22. The molecule has 0 heterocycles. The number of halogens is 2. The Morgan fingerprint density at radius 3 is 2.05 bits per heavy atom. The summed E-state index contributed by atoms with van der Waals surface area (Å²) in [7, 11) is 0. The molecule has 5 heteroatoms. The number of carbonyl (C=O) groups is 1. The second kappa shape index (κ2) is 8.51. The van der Waals surface area contributed by atoms with Gasteiger partial charge in [0, 0.05) is 0 Å². The molecule has 0 N–H and O–H groups in total. The van der Waals surface area contributed by atoms with Gasteiger partial charge < -0.3 is 0 Å². The Kier molecular flexibility index (Phi) is 9.65. The molecule has 1 aliphatic carbocycles. The van der Waals surface area contributed by atoms with Gasteiger partial charge in [0.2, 0.25) is 0 Å². The number of hydrogen-bond donors (Lipinski definition) is 0. The SMILES string of the molecule is CCCC(=O)[O][Ti][C]1=C(C)C(C)=C(C)C1(C)C.Cl.Cl. The van der Waals surface area contributed by atoms with E-state index in [1.165, 1.54) is 20.6 Å². The van der Waals surface area contributed by atoms with Gasteiger partial charge in [0.1, 0.15) is 0 Å². The largest absolute Gasteiger partial charge is 0.147 e. The molecule has 2 nitrogen and oxygen atoms in total. The molecule has 0 saturated heterocycles. The fraction of sp³-hybridized carbons (Fsp3) is 0.643. The zero-order valence-electron chi connectivity index (χ0n) is 12.5. The molecule has 1 rings (SSSR count). The van der Waals surface area contributed by atoms with Crippen molar-refractivity contribution in [1.29, 1.82) is 0 Å². The van der Waals surface area contributed by atoms with Crippen LogP contribution < -0.4 is 0 Å². The molecule has 0 aliphatic heterocycles. The molecule has 0 unspecified atom stereocenters. The summed E-state index contributed by atoms with van der Waals surface area (Å²) in [4.78, 5) is 11.5. The number of hydrogen-bond acceptors (Lipinski definition) is 2. The minimum absolute atomic E-state index is 0. The predicted octanol–water partition coefficient (Wildman–Crippen LogP) is 4.82. The van der Waals surface area contributed by atoms with E-state index in [-0.39, 0.29) is 36.2 Å². The van der Waals surface area contributed by atoms with E-state index in [2.05, 4.69) is 34.6 Å². The van der Waals surface area contributed by atoms with Crippen LogP contribution in [0.3, 0.4) is 0 Å². The minimum atomic E-state index is -0.772. The number of carbonyl (C=O) groups excluding carboxylic acids is 1. The van der Waals surface area contributed by atoms with Gasteiger partial charge in [-0.05, 0) is 0 Å². The maximum absolute atomic E-state index is 11.5. The molecule has 0 fully saturated rings. The van der Waals surface area contributed by atoms with E-state index in [9.17, 15) is 4.79 Å². The third-order valence-corrected chi connectivity index (χ3v) is 6.18. The molecule has 0 spiro atoms. The molecule has 0 atom stereocenters. The van der Waals surface area contributed by atoms with E-state index in [0.717, 1.165) is 6.42 Å². The van der Waals surface area contributed by atoms with Gasteiger partial charge in [-0.1, -0.05) is 0 Å². The summed E-state index contributed by atoms with van der Waals surface area (Å²) in [5.74, 6) is -0.0363. The van der Waals surface area contributed by atoms with Crippen molar-refractivity contribution in [3.05, 3.63) is 20.6 Å². The Morgan fingerprint density at radius 2 is 1.68 bits per heavy atom. The summed E-state index contributed by atoms with van der Waals surface area (Å²) in [6.45, 7) is 13.0. The first kappa shape index (κ1) is 21.5. The standard InChI is InChI=1S/C10H15.C4H8O2.2ClH.Ti/c1-7-6-10(4,5)9(3)8(7)2;1-2-3-4(5)6;;;/h1-5H3;2-3H2,1H3,(H,5,6);2*1H;/q;;;;+1/p-1. The Morgan fingerprint density at radius 1 is 1.16 bits per heavy atom. The summed E-state index contributed by atoms with van der Waals surface area (Å²) < 4.78 is 6.84. The van der Waals surface area contributed by atoms with Crippen LogP contribution in [0.25, 0.3) is 0 Å². The van der Waals surface area contributed by atoms with E-state index in [4.69, 9.17) is 3.32 Å². The van der Waals surface area contributed by atoms with Crippen LogP contribution in [0.4, 0.5) is 0 Å². The molecule has 0 aromatic carbocycles. The molecular weight excluding hydrogens is 319 g/mol. The van der Waals surface area contributed by atoms with Gasteiger partial charge in [0.25, 0.3) is 0 Å². The fourth-order valence-electron chi connectivity index (χ4n) is 2.16. The topological polar surface area (TPSA) is 26.3 Å². The van der Waals surface area contributed by atoms with Crippen molar-refractivity contribution < 1.29 is 27.7 Å². The van der Waals surface area contributed by atoms with Crippen LogP contribution in [-0.4, -0.2) is 5.97 Å². The van der Waals surface area contributed by atoms with Crippen LogP contribution in [-0.2, 0) is 27.7 Å². The second-order valence-electron chi connectivity index (χ2n) is 5.20. The molecule has 0 bridgehead atoms. The van der Waals surface area contributed by atoms with E-state index >= 15 is 0 Å². The summed E-state index contributed by atoms with van der Waals surface area (Å²) in [6.07, 6.45) is 1.41. The molecule has 110 valence electrons. The van der Waals surface area contributed by atoms with Crippen molar-refractivity contribution in [3.8, 4) is 0 Å². The zero-order chi connectivity index (χ0) is 13.2. The van der Waals surface area contributed by atoms with E-state index < -0.39 is 19.5 Å². The average molecular weight is 343 g/mol. The Balaban J connectivity index is 0. The van der Waals surface area contributed by atoms with E-state index in [1.54, 1.807) is 0 Å². The van der Waals surface area contributed by atoms with Gasteiger partial charge in [0.05, 0.1) is 0 Å². The van der Waals surface area contributed by atoms with Crippen LogP contribution in [0.2, 0.25) is 0 Å². The molecule has 0 amide bonds. The number of rotatable bonds is 4. The average Bonchev–Trinajstić information content (AvgIpc) is 2.39. The van der Waals surface area contributed by atoms with Gasteiger partial charge in [-0.25, -0.2) is 0 Å². The molecule has 0 saturated carbocycles. The first-order chi connectivity index (χ1) is 7.82. The quantitative estimate of drug-likeness (QED) is 0.684. The smallest absolute Gasteiger partial charge is 0.147 e. The summed E-state index contributed by atoms with van der Waals surface area (Å²) >= 11 is -0.772. The van der Waals surface area contributed by atoms with E-state index in [1.807, 2.05) is 6.92 Å². The van der Waals surface area contributed by atoms with Crippen LogP contribution in [0, 0.1) is 5.41 Å². The Labute approximate surface area is 138 Å². The van der Waals surface area contributed by atoms with Crippen molar-refractivity contribution in [1.82, 2.24) is 0 Å². The van der Waals surface area contributed by atoms with Crippen LogP contribution in [0.15, 0.2) is 20.6 Å². The Bertz CT molecular complexity index is 398. The molecule has 19 heavy (non-hydrogen) atoms. The maximum Gasteiger partial charge on any atom is -0.147 e. The first-order valence-corrected chi connectivity index (χ1v) is 7.59. The summed E-state index contributed by atoms with van der Waals surface area (Å²) in [5, 5.41) is 0. The number of allylic oxidation sites excluding steroid dienone is 4. The predicted molar refractivity (Wildman–Crippen MR) is 80.4 cm³/mol. The third-order valence-electron chi connectivity index (χ3n) is 3.78. The first-order valence-electron chi connectivity index (χ1n) is 6.17. The molecule has 0 aromatic rings. The molecule has 0 aromatic heterocycles. The van der Waals surface area contributed by atoms with E-state index in [0.29, 0.717) is 6.42 Å². The van der Waals surface area contributed by atoms with Crippen LogP contribution in [0.5, 0.6) is 0 Å². The van der Waals surface area contributed by atoms with Crippen molar-refractivity contribution in [3.63, 3.8) is 0 Å². The van der Waals surface area contributed by atoms with Gasteiger partial charge in [-0.15, -0.1) is 24.8 Å². The normalized spacial score (nSPS) is 16.7. The van der Waals surface area contributed by atoms with Crippen molar-refractivity contribution in [2.75, 3.05) is 0 Å².